The average molecular weight is 274 g/mol. The molecule has 1 aromatic carbocycles. The minimum atomic E-state index is -0.336. The molecule has 0 amide bonds. The lowest BCUT2D eigenvalue weighted by molar-refractivity contribution is -0.151. The summed E-state index contributed by atoms with van der Waals surface area (Å²) in [5, 5.41) is 11.0. The zero-order valence-corrected chi connectivity index (χ0v) is 11.2. The minimum Gasteiger partial charge on any atom is -0.460 e. The molecule has 1 unspecified atom stereocenters. The smallest absolute Gasteiger partial charge is 0.323 e. The van der Waals surface area contributed by atoms with Crippen molar-refractivity contribution >= 4 is 11.7 Å². The molecule has 1 spiro atoms. The van der Waals surface area contributed by atoms with Gasteiger partial charge < -0.3 is 14.9 Å². The molecule has 5 heteroatoms. The van der Waals surface area contributed by atoms with Crippen molar-refractivity contribution in [3.8, 4) is 0 Å². The summed E-state index contributed by atoms with van der Waals surface area (Å²) in [6.45, 7) is 1.83. The first-order valence-electron chi connectivity index (χ1n) is 6.79. The molecular formula is C15H18N2O3. The Morgan fingerprint density at radius 3 is 2.80 bits per heavy atom. The first-order chi connectivity index (χ1) is 9.70. The van der Waals surface area contributed by atoms with Gasteiger partial charge in [0.2, 0.25) is 0 Å². The fraction of sp³-hybridized carbons (Fsp3) is 0.467. The monoisotopic (exact) mass is 274 g/mol. The second-order valence-corrected chi connectivity index (χ2v) is 5.48. The lowest BCUT2D eigenvalue weighted by atomic mass is 9.73. The van der Waals surface area contributed by atoms with E-state index in [4.69, 9.17) is 14.9 Å². The fourth-order valence-corrected chi connectivity index (χ4v) is 2.64. The molecule has 1 atom stereocenters. The van der Waals surface area contributed by atoms with E-state index in [0.29, 0.717) is 38.5 Å². The lowest BCUT2D eigenvalue weighted by Gasteiger charge is -2.46. The maximum Gasteiger partial charge on any atom is 0.323 e. The zero-order chi connectivity index (χ0) is 14.0. The topological polar surface area (TPSA) is 71.4 Å². The van der Waals surface area contributed by atoms with Crippen LogP contribution >= 0.6 is 0 Å². The highest BCUT2D eigenvalue weighted by atomic mass is 16.5. The van der Waals surface area contributed by atoms with Gasteiger partial charge in [0.15, 0.2) is 0 Å². The molecule has 5 nitrogen and oxygen atoms in total. The molecule has 2 aliphatic rings. The van der Waals surface area contributed by atoms with E-state index < -0.39 is 0 Å². The van der Waals surface area contributed by atoms with Crippen LogP contribution in [-0.4, -0.2) is 37.5 Å². The van der Waals surface area contributed by atoms with Crippen LogP contribution in [0.2, 0.25) is 0 Å². The van der Waals surface area contributed by atoms with Crippen molar-refractivity contribution < 1.29 is 14.3 Å². The molecular weight excluding hydrogens is 256 g/mol. The van der Waals surface area contributed by atoms with Gasteiger partial charge in [-0.1, -0.05) is 30.3 Å². The summed E-state index contributed by atoms with van der Waals surface area (Å²) in [6, 6.07) is 9.29. The summed E-state index contributed by atoms with van der Waals surface area (Å²) in [4.78, 5) is 12.1. The lowest BCUT2D eigenvalue weighted by Crippen LogP contribution is -2.61. The van der Waals surface area contributed by atoms with Crippen LogP contribution in [0.5, 0.6) is 0 Å². The van der Waals surface area contributed by atoms with E-state index in [2.05, 4.69) is 5.32 Å². The summed E-state index contributed by atoms with van der Waals surface area (Å²) < 4.78 is 10.6. The normalized spacial score (nSPS) is 24.2. The molecule has 2 N–H and O–H groups in total. The van der Waals surface area contributed by atoms with E-state index in [1.165, 1.54) is 0 Å². The van der Waals surface area contributed by atoms with Gasteiger partial charge in [0, 0.05) is 12.3 Å². The number of carbonyl (C=O) groups is 1. The van der Waals surface area contributed by atoms with E-state index in [1.807, 2.05) is 30.3 Å². The van der Waals surface area contributed by atoms with Gasteiger partial charge in [0.25, 0.3) is 0 Å². The van der Waals surface area contributed by atoms with Gasteiger partial charge in [-0.3, -0.25) is 10.1 Å². The Bertz CT molecular complexity index is 511. The highest BCUT2D eigenvalue weighted by Crippen LogP contribution is 2.36. The van der Waals surface area contributed by atoms with Crippen LogP contribution in [0.4, 0.5) is 0 Å². The Morgan fingerprint density at radius 1 is 1.40 bits per heavy atom. The van der Waals surface area contributed by atoms with Gasteiger partial charge in [-0.15, -0.1) is 0 Å². The number of hydrogen-bond donors (Lipinski definition) is 2. The van der Waals surface area contributed by atoms with E-state index in [-0.39, 0.29) is 17.4 Å². The van der Waals surface area contributed by atoms with Crippen molar-refractivity contribution in [2.75, 3.05) is 19.8 Å². The Hall–Kier alpha value is -1.72. The van der Waals surface area contributed by atoms with Crippen LogP contribution in [0.1, 0.15) is 12.0 Å². The van der Waals surface area contributed by atoms with Crippen molar-refractivity contribution in [3.05, 3.63) is 35.9 Å². The summed E-state index contributed by atoms with van der Waals surface area (Å²) in [6.07, 6.45) is 0.597. The Kier molecular flexibility index (Phi) is 3.54. The van der Waals surface area contributed by atoms with Crippen molar-refractivity contribution in [1.29, 1.82) is 5.41 Å². The number of hydrogen-bond acceptors (Lipinski definition) is 5. The largest absolute Gasteiger partial charge is 0.460 e. The molecule has 0 aromatic heterocycles. The van der Waals surface area contributed by atoms with E-state index in [0.717, 1.165) is 5.56 Å². The molecule has 0 radical (unpaired) electrons. The highest BCUT2D eigenvalue weighted by Gasteiger charge is 2.48. The third-order valence-corrected chi connectivity index (χ3v) is 4.03. The number of carbonyl (C=O) groups excluding carboxylic acids is 1. The van der Waals surface area contributed by atoms with Crippen LogP contribution in [0.15, 0.2) is 30.3 Å². The molecule has 0 aliphatic carbocycles. The maximum atomic E-state index is 12.1. The van der Waals surface area contributed by atoms with Crippen LogP contribution < -0.4 is 5.32 Å². The molecule has 3 rings (SSSR count). The number of nitrogens with one attached hydrogen (secondary N) is 2. The zero-order valence-electron chi connectivity index (χ0n) is 11.2. The van der Waals surface area contributed by atoms with Crippen molar-refractivity contribution in [3.63, 3.8) is 0 Å². The van der Waals surface area contributed by atoms with Crippen molar-refractivity contribution in [2.24, 2.45) is 5.41 Å². The summed E-state index contributed by atoms with van der Waals surface area (Å²) >= 11 is 0. The van der Waals surface area contributed by atoms with Gasteiger partial charge in [0.05, 0.1) is 18.6 Å². The number of rotatable bonds is 3. The molecule has 2 heterocycles. The molecule has 20 heavy (non-hydrogen) atoms. The third-order valence-electron chi connectivity index (χ3n) is 4.03. The molecule has 106 valence electrons. The number of ether oxygens (including phenoxy) is 2. The first kappa shape index (κ1) is 13.3. The van der Waals surface area contributed by atoms with Gasteiger partial charge in [-0.05, 0) is 12.0 Å². The number of esters is 1. The van der Waals surface area contributed by atoms with Gasteiger partial charge >= 0.3 is 5.97 Å². The predicted molar refractivity (Wildman–Crippen MR) is 73.6 cm³/mol. The van der Waals surface area contributed by atoms with Gasteiger partial charge in [-0.2, -0.15) is 0 Å². The van der Waals surface area contributed by atoms with E-state index in [1.54, 1.807) is 0 Å². The average Bonchev–Trinajstić information content (AvgIpc) is 2.44. The molecule has 1 aromatic rings. The van der Waals surface area contributed by atoms with Gasteiger partial charge in [-0.25, -0.2) is 0 Å². The number of benzene rings is 1. The molecule has 2 fully saturated rings. The van der Waals surface area contributed by atoms with Crippen molar-refractivity contribution in [1.82, 2.24) is 5.32 Å². The summed E-state index contributed by atoms with van der Waals surface area (Å²) in [5.74, 6) is -0.243. The highest BCUT2D eigenvalue weighted by molar-refractivity contribution is 5.93. The van der Waals surface area contributed by atoms with Crippen LogP contribution in [-0.2, 0) is 20.9 Å². The fourth-order valence-electron chi connectivity index (χ4n) is 2.64. The Balaban J connectivity index is 1.56. The predicted octanol–water partition coefficient (Wildman–Crippen LogP) is 1.13. The number of piperidine rings is 1. The van der Waals surface area contributed by atoms with Crippen molar-refractivity contribution in [2.45, 2.75) is 19.1 Å². The molecule has 0 bridgehead atoms. The summed E-state index contributed by atoms with van der Waals surface area (Å²) in [5.41, 5.74) is 1.38. The minimum absolute atomic E-state index is 0.234. The second kappa shape index (κ2) is 5.34. The SMILES string of the molecule is N=C1CNC(C(=O)OCc2ccccc2)CC12COC2. The van der Waals surface area contributed by atoms with Crippen LogP contribution in [0, 0.1) is 10.8 Å². The molecule has 0 saturated carbocycles. The van der Waals surface area contributed by atoms with Crippen LogP contribution in [0.3, 0.4) is 0 Å². The van der Waals surface area contributed by atoms with E-state index in [9.17, 15) is 4.79 Å². The second-order valence-electron chi connectivity index (χ2n) is 5.48. The summed E-state index contributed by atoms with van der Waals surface area (Å²) in [7, 11) is 0. The Labute approximate surface area is 117 Å². The molecule has 2 saturated heterocycles. The third kappa shape index (κ3) is 2.46. The first-order valence-corrected chi connectivity index (χ1v) is 6.79. The quantitative estimate of drug-likeness (QED) is 0.811. The van der Waals surface area contributed by atoms with E-state index >= 15 is 0 Å². The maximum absolute atomic E-state index is 12.1. The Morgan fingerprint density at radius 2 is 2.15 bits per heavy atom. The van der Waals surface area contributed by atoms with Crippen LogP contribution in [0.25, 0.3) is 0 Å². The van der Waals surface area contributed by atoms with Gasteiger partial charge in [0.1, 0.15) is 12.6 Å². The standard InChI is InChI=1S/C15H18N2O3/c16-13-7-17-12(6-15(13)9-19-10-15)14(18)20-8-11-4-2-1-3-5-11/h1-5,12,16-17H,6-10H2. The molecule has 2 aliphatic heterocycles.